The Hall–Kier alpha value is -2.03. The highest BCUT2D eigenvalue weighted by Crippen LogP contribution is 2.29. The van der Waals surface area contributed by atoms with Crippen LogP contribution in [0, 0.1) is 18.7 Å². The molecule has 3 rings (SSSR count). The summed E-state index contributed by atoms with van der Waals surface area (Å²) in [4.78, 5) is 2.14. The van der Waals surface area contributed by atoms with Crippen molar-refractivity contribution in [3.05, 3.63) is 41.0 Å². The highest BCUT2D eigenvalue weighted by atomic mass is 19.1. The zero-order valence-electron chi connectivity index (χ0n) is 14.0. The van der Waals surface area contributed by atoms with Crippen LogP contribution in [0.1, 0.15) is 23.0 Å². The second-order valence-electron chi connectivity index (χ2n) is 6.14. The molecule has 2 unspecified atom stereocenters. The van der Waals surface area contributed by atoms with Gasteiger partial charge in [0.2, 0.25) is 0 Å². The fourth-order valence-electron chi connectivity index (χ4n) is 3.04. The zero-order valence-corrected chi connectivity index (χ0v) is 14.0. The number of methoxy groups -OCH3 is 1. The minimum Gasteiger partial charge on any atom is -0.497 e. The van der Waals surface area contributed by atoms with Gasteiger partial charge in [0, 0.05) is 37.2 Å². The molecule has 7 nitrogen and oxygen atoms in total. The van der Waals surface area contributed by atoms with Crippen LogP contribution >= 0.6 is 0 Å². The van der Waals surface area contributed by atoms with Crippen LogP contribution in [0.25, 0.3) is 0 Å². The van der Waals surface area contributed by atoms with Crippen LogP contribution in [0.2, 0.25) is 0 Å². The van der Waals surface area contributed by atoms with Gasteiger partial charge in [-0.15, -0.1) is 0 Å². The molecule has 130 valence electrons. The van der Waals surface area contributed by atoms with Gasteiger partial charge in [-0.2, -0.15) is 0 Å². The van der Waals surface area contributed by atoms with Gasteiger partial charge in [0.15, 0.2) is 0 Å². The van der Waals surface area contributed by atoms with E-state index in [1.807, 2.05) is 14.0 Å². The lowest BCUT2D eigenvalue weighted by Gasteiger charge is -2.24. The third kappa shape index (κ3) is 3.55. The van der Waals surface area contributed by atoms with Crippen LogP contribution < -0.4 is 15.6 Å². The van der Waals surface area contributed by atoms with Gasteiger partial charge < -0.3 is 4.74 Å². The monoisotopic (exact) mass is 335 g/mol. The van der Waals surface area contributed by atoms with E-state index >= 15 is 0 Å². The molecule has 0 bridgehead atoms. The van der Waals surface area contributed by atoms with Gasteiger partial charge in [-0.3, -0.25) is 10.3 Å². The van der Waals surface area contributed by atoms with Crippen LogP contribution in [0.5, 0.6) is 5.75 Å². The molecule has 24 heavy (non-hydrogen) atoms. The topological polar surface area (TPSA) is 75.5 Å². The predicted octanol–water partition coefficient (Wildman–Crippen LogP) is 1.42. The number of ether oxygens (including phenoxy) is 1. The van der Waals surface area contributed by atoms with E-state index in [4.69, 9.17) is 9.37 Å². The smallest absolute Gasteiger partial charge is 0.131 e. The molecule has 1 saturated heterocycles. The van der Waals surface area contributed by atoms with Crippen LogP contribution in [0.15, 0.2) is 22.8 Å². The normalized spacial score (nSPS) is 20.7. The van der Waals surface area contributed by atoms with E-state index in [0.29, 0.717) is 17.9 Å². The van der Waals surface area contributed by atoms with Gasteiger partial charge in [-0.05, 0) is 20.0 Å². The minimum atomic E-state index is -0.264. The maximum atomic E-state index is 14.4. The van der Waals surface area contributed by atoms with Crippen molar-refractivity contribution < 1.29 is 13.8 Å². The molecule has 0 aliphatic carbocycles. The van der Waals surface area contributed by atoms with Crippen molar-refractivity contribution in [3.8, 4) is 5.75 Å². The van der Waals surface area contributed by atoms with E-state index in [2.05, 4.69) is 26.1 Å². The molecule has 1 aliphatic heterocycles. The number of hydrogen-bond donors (Lipinski definition) is 2. The van der Waals surface area contributed by atoms with Gasteiger partial charge in [-0.25, -0.2) is 14.4 Å². The number of hydrazine groups is 1. The summed E-state index contributed by atoms with van der Waals surface area (Å²) in [5.74, 6) is 0.475. The van der Waals surface area contributed by atoms with E-state index in [0.717, 1.165) is 24.5 Å². The number of aryl methyl sites for hydroxylation is 1. The van der Waals surface area contributed by atoms with Crippen molar-refractivity contribution >= 4 is 0 Å². The fraction of sp³-hybridized carbons (Fsp3) is 0.500. The Balaban J connectivity index is 1.68. The third-order valence-electron chi connectivity index (χ3n) is 4.35. The van der Waals surface area contributed by atoms with Crippen LogP contribution in [-0.2, 0) is 6.54 Å². The van der Waals surface area contributed by atoms with Crippen molar-refractivity contribution in [1.82, 2.24) is 26.1 Å². The number of halogens is 1. The summed E-state index contributed by atoms with van der Waals surface area (Å²) in [7, 11) is 3.54. The van der Waals surface area contributed by atoms with Crippen molar-refractivity contribution in [1.29, 1.82) is 0 Å². The Labute approximate surface area is 140 Å². The average Bonchev–Trinajstić information content (AvgIpc) is 3.17. The summed E-state index contributed by atoms with van der Waals surface area (Å²) in [6, 6.07) is 4.87. The molecule has 0 saturated carbocycles. The Morgan fingerprint density at radius 2 is 2.25 bits per heavy atom. The largest absolute Gasteiger partial charge is 0.497 e. The van der Waals surface area contributed by atoms with Gasteiger partial charge in [0.25, 0.3) is 0 Å². The Morgan fingerprint density at radius 1 is 1.42 bits per heavy atom. The summed E-state index contributed by atoms with van der Waals surface area (Å²) in [6.45, 7) is 4.05. The summed E-state index contributed by atoms with van der Waals surface area (Å²) in [5, 5.41) is 7.70. The third-order valence-corrected chi connectivity index (χ3v) is 4.35. The van der Waals surface area contributed by atoms with Crippen molar-refractivity contribution in [3.63, 3.8) is 0 Å². The molecule has 1 aliphatic rings. The number of benzene rings is 1. The summed E-state index contributed by atoms with van der Waals surface area (Å²) in [6.07, 6.45) is 0. The average molecular weight is 335 g/mol. The lowest BCUT2D eigenvalue weighted by molar-refractivity contribution is 0.248. The predicted molar refractivity (Wildman–Crippen MR) is 85.7 cm³/mol. The van der Waals surface area contributed by atoms with E-state index in [1.54, 1.807) is 12.1 Å². The number of rotatable bonds is 6. The summed E-state index contributed by atoms with van der Waals surface area (Å²) in [5.41, 5.74) is 8.56. The first-order chi connectivity index (χ1) is 11.6. The number of nitrogens with zero attached hydrogens (tertiary/aromatic N) is 3. The fourth-order valence-corrected chi connectivity index (χ4v) is 3.04. The van der Waals surface area contributed by atoms with Crippen molar-refractivity contribution in [2.75, 3.05) is 27.2 Å². The van der Waals surface area contributed by atoms with Gasteiger partial charge >= 0.3 is 0 Å². The number of hydrogen-bond acceptors (Lipinski definition) is 7. The molecule has 1 aromatic heterocycles. The molecule has 2 N–H and O–H groups in total. The molecule has 1 fully saturated rings. The highest BCUT2D eigenvalue weighted by molar-refractivity contribution is 5.31. The molecular weight excluding hydrogens is 313 g/mol. The van der Waals surface area contributed by atoms with Crippen molar-refractivity contribution in [2.24, 2.45) is 5.92 Å². The summed E-state index contributed by atoms with van der Waals surface area (Å²) >= 11 is 0. The van der Waals surface area contributed by atoms with Crippen LogP contribution in [0.3, 0.4) is 0 Å². The molecule has 0 spiro atoms. The number of aromatic nitrogens is 2. The molecule has 2 atom stereocenters. The SMILES string of the molecule is COc1ccc(C2NNCC2CN(C)Cc2nonc2C)c(F)c1. The molecule has 8 heteroatoms. The van der Waals surface area contributed by atoms with Crippen molar-refractivity contribution in [2.45, 2.75) is 19.5 Å². The minimum absolute atomic E-state index is 0.102. The number of nitrogens with one attached hydrogen (secondary N) is 2. The summed E-state index contributed by atoms with van der Waals surface area (Å²) < 4.78 is 24.2. The standard InChI is InChI=1S/C16H22FN5O2/c1-10-15(21-24-20-10)9-22(2)8-11-7-18-19-16(11)13-5-4-12(23-3)6-14(13)17/h4-6,11,16,18-19H,7-9H2,1-3H3. The first-order valence-corrected chi connectivity index (χ1v) is 7.87. The van der Waals surface area contributed by atoms with E-state index in [9.17, 15) is 4.39 Å². The molecule has 2 aromatic rings. The Bertz CT molecular complexity index is 693. The lowest BCUT2D eigenvalue weighted by Crippen LogP contribution is -2.30. The lowest BCUT2D eigenvalue weighted by atomic mass is 9.94. The van der Waals surface area contributed by atoms with Gasteiger partial charge in [0.1, 0.15) is 23.0 Å². The molecule has 0 amide bonds. The second kappa shape index (κ2) is 7.25. The van der Waals surface area contributed by atoms with Gasteiger partial charge in [0.05, 0.1) is 13.2 Å². The van der Waals surface area contributed by atoms with E-state index in [-0.39, 0.29) is 17.8 Å². The molecular formula is C16H22FN5O2. The molecule has 1 aromatic carbocycles. The van der Waals surface area contributed by atoms with Gasteiger partial charge in [-0.1, -0.05) is 16.4 Å². The zero-order chi connectivity index (χ0) is 17.1. The maximum absolute atomic E-state index is 14.4. The van der Waals surface area contributed by atoms with Crippen LogP contribution in [-0.4, -0.2) is 42.5 Å². The Kier molecular flexibility index (Phi) is 5.08. The molecule has 2 heterocycles. The quantitative estimate of drug-likeness (QED) is 0.827. The second-order valence-corrected chi connectivity index (χ2v) is 6.14. The van der Waals surface area contributed by atoms with Crippen LogP contribution in [0.4, 0.5) is 4.39 Å². The van der Waals surface area contributed by atoms with E-state index < -0.39 is 0 Å². The maximum Gasteiger partial charge on any atom is 0.131 e. The highest BCUT2D eigenvalue weighted by Gasteiger charge is 2.31. The first-order valence-electron chi connectivity index (χ1n) is 7.87. The Morgan fingerprint density at radius 3 is 2.92 bits per heavy atom. The van der Waals surface area contributed by atoms with E-state index in [1.165, 1.54) is 13.2 Å². The molecule has 0 radical (unpaired) electrons. The first kappa shape index (κ1) is 16.8.